The molecule has 1 aromatic rings. The first-order chi connectivity index (χ1) is 7.15. The van der Waals surface area contributed by atoms with Crippen LogP contribution < -0.4 is 0 Å². The number of carbonyl (C=O) groups is 1. The molecular formula is C10H7BrClNO2. The summed E-state index contributed by atoms with van der Waals surface area (Å²) in [5.41, 5.74) is 0.528. The molecule has 0 bridgehead atoms. The zero-order chi connectivity index (χ0) is 11.3. The van der Waals surface area contributed by atoms with E-state index in [0.717, 1.165) is 5.33 Å². The molecule has 0 amide bonds. The number of carboxylic acid groups (broad SMARTS) is 1. The lowest BCUT2D eigenvalue weighted by Gasteiger charge is -1.97. The molecule has 0 saturated heterocycles. The van der Waals surface area contributed by atoms with Gasteiger partial charge in [0.15, 0.2) is 0 Å². The molecule has 3 nitrogen and oxygen atoms in total. The van der Waals surface area contributed by atoms with Crippen LogP contribution in [0.5, 0.6) is 0 Å². The highest BCUT2D eigenvalue weighted by molar-refractivity contribution is 9.09. The van der Waals surface area contributed by atoms with E-state index in [1.54, 1.807) is 0 Å². The van der Waals surface area contributed by atoms with Crippen molar-refractivity contribution >= 4 is 33.5 Å². The third kappa shape index (κ3) is 3.54. The molecule has 0 unspecified atom stereocenters. The van der Waals surface area contributed by atoms with E-state index in [4.69, 9.17) is 16.7 Å². The van der Waals surface area contributed by atoms with E-state index in [9.17, 15) is 4.79 Å². The van der Waals surface area contributed by atoms with Gasteiger partial charge in [0, 0.05) is 23.5 Å². The number of alkyl halides is 1. The minimum atomic E-state index is -1.10. The van der Waals surface area contributed by atoms with Crippen molar-refractivity contribution in [3.05, 3.63) is 28.5 Å². The summed E-state index contributed by atoms with van der Waals surface area (Å²) in [5.74, 6) is 4.57. The van der Waals surface area contributed by atoms with Crippen molar-refractivity contribution in [1.29, 1.82) is 0 Å². The van der Waals surface area contributed by atoms with Gasteiger partial charge in [-0.25, -0.2) is 9.78 Å². The molecule has 0 aliphatic carbocycles. The Morgan fingerprint density at radius 3 is 3.00 bits per heavy atom. The maximum absolute atomic E-state index is 10.7. The lowest BCUT2D eigenvalue weighted by molar-refractivity contribution is 0.0696. The van der Waals surface area contributed by atoms with Gasteiger partial charge in [0.2, 0.25) is 0 Å². The standard InChI is InChI=1S/C10H7BrClNO2/c11-4-2-1-3-7-5-8(10(14)15)9(12)13-6-7/h5-6H,2,4H2,(H,14,15). The number of halogens is 2. The molecule has 78 valence electrons. The molecule has 1 N–H and O–H groups in total. The molecule has 1 heterocycles. The van der Waals surface area contributed by atoms with Gasteiger partial charge in [-0.05, 0) is 6.07 Å². The normalized spacial score (nSPS) is 9.20. The van der Waals surface area contributed by atoms with Gasteiger partial charge in [0.05, 0.1) is 5.56 Å². The number of pyridine rings is 1. The molecule has 1 aromatic heterocycles. The SMILES string of the molecule is O=C(O)c1cc(C#CCCBr)cnc1Cl. The van der Waals surface area contributed by atoms with Crippen LogP contribution in [-0.2, 0) is 0 Å². The van der Waals surface area contributed by atoms with E-state index in [-0.39, 0.29) is 10.7 Å². The number of carboxylic acids is 1. The maximum atomic E-state index is 10.7. The van der Waals surface area contributed by atoms with E-state index >= 15 is 0 Å². The van der Waals surface area contributed by atoms with Crippen molar-refractivity contribution in [1.82, 2.24) is 4.98 Å². The summed E-state index contributed by atoms with van der Waals surface area (Å²) in [6.07, 6.45) is 2.15. The van der Waals surface area contributed by atoms with Crippen LogP contribution in [0.4, 0.5) is 0 Å². The van der Waals surface area contributed by atoms with Crippen molar-refractivity contribution in [3.8, 4) is 11.8 Å². The highest BCUT2D eigenvalue weighted by atomic mass is 79.9. The molecule has 1 rings (SSSR count). The van der Waals surface area contributed by atoms with Crippen LogP contribution in [0, 0.1) is 11.8 Å². The number of aromatic nitrogens is 1. The summed E-state index contributed by atoms with van der Waals surface area (Å²) in [6, 6.07) is 1.42. The quantitative estimate of drug-likeness (QED) is 0.517. The second-order valence-electron chi connectivity index (χ2n) is 2.61. The van der Waals surface area contributed by atoms with Gasteiger partial charge in [0.1, 0.15) is 5.15 Å². The fraction of sp³-hybridized carbons (Fsp3) is 0.200. The highest BCUT2D eigenvalue weighted by Gasteiger charge is 2.09. The molecule has 0 aromatic carbocycles. The fourth-order valence-corrected chi connectivity index (χ4v) is 1.26. The second-order valence-corrected chi connectivity index (χ2v) is 3.76. The zero-order valence-corrected chi connectivity index (χ0v) is 9.97. The smallest absolute Gasteiger partial charge is 0.338 e. The van der Waals surface area contributed by atoms with E-state index in [0.29, 0.717) is 12.0 Å². The molecule has 0 aliphatic heterocycles. The Hall–Kier alpha value is -1.05. The molecule has 0 aliphatic rings. The lowest BCUT2D eigenvalue weighted by atomic mass is 10.2. The van der Waals surface area contributed by atoms with Crippen LogP contribution in [-0.4, -0.2) is 21.4 Å². The molecular weight excluding hydrogens is 281 g/mol. The van der Waals surface area contributed by atoms with Gasteiger partial charge in [-0.2, -0.15) is 0 Å². The fourth-order valence-electron chi connectivity index (χ4n) is 0.878. The number of aromatic carboxylic acids is 1. The largest absolute Gasteiger partial charge is 0.478 e. The molecule has 5 heteroatoms. The average molecular weight is 289 g/mol. The van der Waals surface area contributed by atoms with Crippen LogP contribution >= 0.6 is 27.5 Å². The first-order valence-corrected chi connectivity index (χ1v) is 5.58. The van der Waals surface area contributed by atoms with Gasteiger partial charge in [-0.3, -0.25) is 0 Å². The van der Waals surface area contributed by atoms with Gasteiger partial charge >= 0.3 is 5.97 Å². The van der Waals surface area contributed by atoms with Crippen LogP contribution in [0.2, 0.25) is 5.15 Å². The van der Waals surface area contributed by atoms with Crippen molar-refractivity contribution in [3.63, 3.8) is 0 Å². The Balaban J connectivity index is 2.99. The Kier molecular flexibility index (Phi) is 4.60. The highest BCUT2D eigenvalue weighted by Crippen LogP contribution is 2.13. The molecule has 0 radical (unpaired) electrons. The number of rotatable bonds is 2. The monoisotopic (exact) mass is 287 g/mol. The van der Waals surface area contributed by atoms with E-state index in [1.165, 1.54) is 12.3 Å². The van der Waals surface area contributed by atoms with Crippen molar-refractivity contribution < 1.29 is 9.90 Å². The molecule has 0 saturated carbocycles. The van der Waals surface area contributed by atoms with Crippen molar-refractivity contribution in [2.75, 3.05) is 5.33 Å². The first kappa shape index (κ1) is 12.0. The van der Waals surface area contributed by atoms with Crippen molar-refractivity contribution in [2.24, 2.45) is 0 Å². The molecule has 0 spiro atoms. The third-order valence-corrected chi connectivity index (χ3v) is 2.22. The van der Waals surface area contributed by atoms with E-state index < -0.39 is 5.97 Å². The van der Waals surface area contributed by atoms with E-state index in [2.05, 4.69) is 32.8 Å². The Labute approximate surface area is 101 Å². The summed E-state index contributed by atoms with van der Waals surface area (Å²) >= 11 is 8.84. The minimum absolute atomic E-state index is 0.0199. The number of hydrogen-bond acceptors (Lipinski definition) is 2. The molecule has 0 fully saturated rings. The van der Waals surface area contributed by atoms with Crippen LogP contribution in [0.15, 0.2) is 12.3 Å². The molecule has 0 atom stereocenters. The predicted octanol–water partition coefficient (Wildman–Crippen LogP) is 2.57. The summed E-state index contributed by atoms with van der Waals surface area (Å²) in [6.45, 7) is 0. The van der Waals surface area contributed by atoms with Crippen LogP contribution in [0.25, 0.3) is 0 Å². The third-order valence-electron chi connectivity index (χ3n) is 1.52. The minimum Gasteiger partial charge on any atom is -0.478 e. The number of hydrogen-bond donors (Lipinski definition) is 1. The van der Waals surface area contributed by atoms with Gasteiger partial charge in [-0.15, -0.1) is 0 Å². The Bertz CT molecular complexity index is 437. The van der Waals surface area contributed by atoms with Crippen LogP contribution in [0.3, 0.4) is 0 Å². The lowest BCUT2D eigenvalue weighted by Crippen LogP contribution is -1.99. The molecule has 15 heavy (non-hydrogen) atoms. The van der Waals surface area contributed by atoms with Crippen molar-refractivity contribution in [2.45, 2.75) is 6.42 Å². The summed E-state index contributed by atoms with van der Waals surface area (Å²) < 4.78 is 0. The second kappa shape index (κ2) is 5.74. The van der Waals surface area contributed by atoms with Gasteiger partial charge in [0.25, 0.3) is 0 Å². The van der Waals surface area contributed by atoms with Gasteiger partial charge < -0.3 is 5.11 Å². The summed E-state index contributed by atoms with van der Waals surface area (Å²) in [5, 5.41) is 9.55. The summed E-state index contributed by atoms with van der Waals surface area (Å²) in [7, 11) is 0. The van der Waals surface area contributed by atoms with Gasteiger partial charge in [-0.1, -0.05) is 39.4 Å². The Morgan fingerprint density at radius 2 is 2.40 bits per heavy atom. The maximum Gasteiger partial charge on any atom is 0.338 e. The summed E-state index contributed by atoms with van der Waals surface area (Å²) in [4.78, 5) is 14.5. The van der Waals surface area contributed by atoms with Crippen LogP contribution in [0.1, 0.15) is 22.3 Å². The average Bonchev–Trinajstić information content (AvgIpc) is 2.20. The first-order valence-electron chi connectivity index (χ1n) is 4.09. The zero-order valence-electron chi connectivity index (χ0n) is 7.63. The van der Waals surface area contributed by atoms with E-state index in [1.807, 2.05) is 0 Å². The Morgan fingerprint density at radius 1 is 1.67 bits per heavy atom. The number of nitrogens with zero attached hydrogens (tertiary/aromatic N) is 1. The predicted molar refractivity (Wildman–Crippen MR) is 61.5 cm³/mol. The topological polar surface area (TPSA) is 50.2 Å².